The average molecular weight is 351 g/mol. The lowest BCUT2D eigenvalue weighted by Crippen LogP contribution is -2.43. The van der Waals surface area contributed by atoms with Crippen LogP contribution in [-0.2, 0) is 16.0 Å². The minimum absolute atomic E-state index is 0.0831. The maximum atomic E-state index is 12.7. The van der Waals surface area contributed by atoms with Crippen molar-refractivity contribution in [3.63, 3.8) is 0 Å². The highest BCUT2D eigenvalue weighted by Gasteiger charge is 2.32. The number of anilines is 2. The monoisotopic (exact) mass is 351 g/mol. The molecular weight excluding hydrogens is 326 g/mol. The molecule has 1 unspecified atom stereocenters. The molecule has 0 aliphatic carbocycles. The first-order chi connectivity index (χ1) is 12.6. The second-order valence-electron chi connectivity index (χ2n) is 6.85. The smallest absolute Gasteiger partial charge is 0.313 e. The van der Waals surface area contributed by atoms with E-state index in [0.29, 0.717) is 12.2 Å². The van der Waals surface area contributed by atoms with E-state index in [1.54, 1.807) is 4.90 Å². The highest BCUT2D eigenvalue weighted by molar-refractivity contribution is 6.40. The van der Waals surface area contributed by atoms with E-state index in [1.807, 2.05) is 61.5 Å². The quantitative estimate of drug-likeness (QED) is 0.862. The van der Waals surface area contributed by atoms with Crippen LogP contribution in [0.5, 0.6) is 0 Å². The Morgan fingerprint density at radius 1 is 1.08 bits per heavy atom. The van der Waals surface area contributed by atoms with E-state index < -0.39 is 11.8 Å². The molecule has 1 aliphatic rings. The third-order valence-electron chi connectivity index (χ3n) is 4.78. The normalized spacial score (nSPS) is 16.4. The molecule has 3 rings (SSSR count). The van der Waals surface area contributed by atoms with Gasteiger partial charge < -0.3 is 15.1 Å². The summed E-state index contributed by atoms with van der Waals surface area (Å²) in [6.45, 7) is 0.638. The number of hydrogen-bond donors (Lipinski definition) is 1. The zero-order valence-electron chi connectivity index (χ0n) is 15.3. The fraction of sp³-hybridized carbons (Fsp3) is 0.333. The molecule has 136 valence electrons. The molecule has 2 aromatic carbocycles. The first kappa shape index (κ1) is 18.0. The largest absolute Gasteiger partial charge is 0.376 e. The SMILES string of the molecule is CN(C)c1ccccc1NC(=O)C(=O)N1CCCC1Cc1ccccc1. The number of hydrogen-bond acceptors (Lipinski definition) is 3. The van der Waals surface area contributed by atoms with Crippen LogP contribution in [0.3, 0.4) is 0 Å². The molecule has 26 heavy (non-hydrogen) atoms. The predicted octanol–water partition coefficient (Wildman–Crippen LogP) is 2.92. The van der Waals surface area contributed by atoms with Gasteiger partial charge in [-0.1, -0.05) is 42.5 Å². The van der Waals surface area contributed by atoms with Crippen LogP contribution in [0.2, 0.25) is 0 Å². The zero-order valence-corrected chi connectivity index (χ0v) is 15.3. The van der Waals surface area contributed by atoms with Crippen molar-refractivity contribution in [2.24, 2.45) is 0 Å². The van der Waals surface area contributed by atoms with Crippen molar-refractivity contribution in [1.82, 2.24) is 4.90 Å². The number of nitrogens with zero attached hydrogens (tertiary/aromatic N) is 2. The van der Waals surface area contributed by atoms with Crippen LogP contribution in [-0.4, -0.2) is 43.4 Å². The van der Waals surface area contributed by atoms with Gasteiger partial charge in [0.2, 0.25) is 0 Å². The number of nitrogens with one attached hydrogen (secondary N) is 1. The van der Waals surface area contributed by atoms with Gasteiger partial charge in [-0.05, 0) is 37.0 Å². The van der Waals surface area contributed by atoms with Gasteiger partial charge >= 0.3 is 11.8 Å². The van der Waals surface area contributed by atoms with Crippen molar-refractivity contribution in [2.75, 3.05) is 30.9 Å². The summed E-state index contributed by atoms with van der Waals surface area (Å²) in [4.78, 5) is 28.9. The van der Waals surface area contributed by atoms with Gasteiger partial charge in [0.25, 0.3) is 0 Å². The summed E-state index contributed by atoms with van der Waals surface area (Å²) in [6, 6.07) is 17.7. The minimum Gasteiger partial charge on any atom is -0.376 e. The Balaban J connectivity index is 1.69. The first-order valence-electron chi connectivity index (χ1n) is 8.98. The van der Waals surface area contributed by atoms with Gasteiger partial charge in [-0.25, -0.2) is 0 Å². The molecule has 5 nitrogen and oxygen atoms in total. The second-order valence-corrected chi connectivity index (χ2v) is 6.85. The summed E-state index contributed by atoms with van der Waals surface area (Å²) in [5.41, 5.74) is 2.71. The Labute approximate surface area is 154 Å². The summed E-state index contributed by atoms with van der Waals surface area (Å²) in [6.07, 6.45) is 2.65. The highest BCUT2D eigenvalue weighted by atomic mass is 16.2. The molecule has 0 spiro atoms. The lowest BCUT2D eigenvalue weighted by Gasteiger charge is -2.25. The van der Waals surface area contributed by atoms with Crippen LogP contribution < -0.4 is 10.2 Å². The van der Waals surface area contributed by atoms with Gasteiger partial charge in [0.05, 0.1) is 11.4 Å². The minimum atomic E-state index is -0.570. The van der Waals surface area contributed by atoms with Crippen molar-refractivity contribution >= 4 is 23.2 Å². The van der Waals surface area contributed by atoms with E-state index in [2.05, 4.69) is 17.4 Å². The third kappa shape index (κ3) is 4.04. The molecule has 1 saturated heterocycles. The van der Waals surface area contributed by atoms with Crippen molar-refractivity contribution in [2.45, 2.75) is 25.3 Å². The number of benzene rings is 2. The molecule has 1 heterocycles. The molecular formula is C21H25N3O2. The Morgan fingerprint density at radius 2 is 1.77 bits per heavy atom. The fourth-order valence-electron chi connectivity index (χ4n) is 3.48. The standard InChI is InChI=1S/C21H25N3O2/c1-23(2)19-13-7-6-12-18(19)22-20(25)21(26)24-14-8-11-17(24)15-16-9-4-3-5-10-16/h3-7,9-10,12-13,17H,8,11,14-15H2,1-2H3,(H,22,25). The van der Waals surface area contributed by atoms with Crippen molar-refractivity contribution < 1.29 is 9.59 Å². The number of rotatable bonds is 4. The number of likely N-dealkylation sites (tertiary alicyclic amines) is 1. The van der Waals surface area contributed by atoms with Crippen LogP contribution in [0.25, 0.3) is 0 Å². The summed E-state index contributed by atoms with van der Waals surface area (Å²) in [7, 11) is 3.81. The molecule has 2 aromatic rings. The van der Waals surface area contributed by atoms with Gasteiger partial charge in [0.15, 0.2) is 0 Å². The van der Waals surface area contributed by atoms with Crippen LogP contribution in [0.15, 0.2) is 54.6 Å². The highest BCUT2D eigenvalue weighted by Crippen LogP contribution is 2.25. The van der Waals surface area contributed by atoms with Gasteiger partial charge in [-0.2, -0.15) is 0 Å². The van der Waals surface area contributed by atoms with E-state index in [4.69, 9.17) is 0 Å². The molecule has 1 aliphatic heterocycles. The second kappa shape index (κ2) is 8.04. The van der Waals surface area contributed by atoms with Crippen molar-refractivity contribution in [3.8, 4) is 0 Å². The van der Waals surface area contributed by atoms with Crippen LogP contribution in [0.4, 0.5) is 11.4 Å². The topological polar surface area (TPSA) is 52.7 Å². The molecule has 0 bridgehead atoms. The van der Waals surface area contributed by atoms with Crippen LogP contribution in [0.1, 0.15) is 18.4 Å². The number of carbonyl (C=O) groups is 2. The molecule has 1 fully saturated rings. The molecule has 1 N–H and O–H groups in total. The Morgan fingerprint density at radius 3 is 2.50 bits per heavy atom. The van der Waals surface area contributed by atoms with Crippen molar-refractivity contribution in [3.05, 3.63) is 60.2 Å². The van der Waals surface area contributed by atoms with Crippen LogP contribution >= 0.6 is 0 Å². The zero-order chi connectivity index (χ0) is 18.5. The van der Waals surface area contributed by atoms with E-state index in [0.717, 1.165) is 24.9 Å². The molecule has 2 amide bonds. The van der Waals surface area contributed by atoms with Gasteiger partial charge in [-0.3, -0.25) is 9.59 Å². The first-order valence-corrected chi connectivity index (χ1v) is 8.98. The molecule has 0 radical (unpaired) electrons. The number of para-hydroxylation sites is 2. The van der Waals surface area contributed by atoms with E-state index in [9.17, 15) is 9.59 Å². The van der Waals surface area contributed by atoms with Crippen LogP contribution in [0, 0.1) is 0 Å². The molecule has 0 aromatic heterocycles. The summed E-state index contributed by atoms with van der Waals surface area (Å²) in [5, 5.41) is 2.78. The Bertz CT molecular complexity index is 774. The van der Waals surface area contributed by atoms with E-state index >= 15 is 0 Å². The number of carbonyl (C=O) groups excluding carboxylic acids is 2. The maximum absolute atomic E-state index is 12.7. The van der Waals surface area contributed by atoms with Gasteiger partial charge in [0, 0.05) is 26.7 Å². The van der Waals surface area contributed by atoms with Gasteiger partial charge in [-0.15, -0.1) is 0 Å². The summed E-state index contributed by atoms with van der Waals surface area (Å²) in [5.74, 6) is -1.02. The predicted molar refractivity (Wildman–Crippen MR) is 104 cm³/mol. The average Bonchev–Trinajstić information content (AvgIpc) is 3.10. The van der Waals surface area contributed by atoms with Gasteiger partial charge in [0.1, 0.15) is 0 Å². The lowest BCUT2D eigenvalue weighted by atomic mass is 10.0. The van der Waals surface area contributed by atoms with E-state index in [-0.39, 0.29) is 6.04 Å². The van der Waals surface area contributed by atoms with E-state index in [1.165, 1.54) is 5.56 Å². The molecule has 5 heteroatoms. The molecule has 0 saturated carbocycles. The maximum Gasteiger partial charge on any atom is 0.313 e. The Hall–Kier alpha value is -2.82. The summed E-state index contributed by atoms with van der Waals surface area (Å²) < 4.78 is 0. The molecule has 1 atom stereocenters. The summed E-state index contributed by atoms with van der Waals surface area (Å²) >= 11 is 0. The Kier molecular flexibility index (Phi) is 5.56. The lowest BCUT2D eigenvalue weighted by molar-refractivity contribution is -0.143. The number of amides is 2. The van der Waals surface area contributed by atoms with Crippen molar-refractivity contribution in [1.29, 1.82) is 0 Å². The third-order valence-corrected chi connectivity index (χ3v) is 4.78. The fourth-order valence-corrected chi connectivity index (χ4v) is 3.48.